The van der Waals surface area contributed by atoms with E-state index in [0.717, 1.165) is 63.1 Å². The van der Waals surface area contributed by atoms with E-state index < -0.39 is 0 Å². The zero-order chi connectivity index (χ0) is 35.3. The van der Waals surface area contributed by atoms with Crippen molar-refractivity contribution < 1.29 is 25.2 Å². The topological polar surface area (TPSA) is 44.9 Å². The van der Waals surface area contributed by atoms with Crippen molar-refractivity contribution in [3.05, 3.63) is 131 Å². The summed E-state index contributed by atoms with van der Waals surface area (Å²) < 4.78 is 10.6. The van der Waals surface area contributed by atoms with E-state index in [0.29, 0.717) is 17.4 Å². The van der Waals surface area contributed by atoms with Gasteiger partial charge in [-0.1, -0.05) is 70.5 Å². The number of pyridine rings is 1. The summed E-state index contributed by atoms with van der Waals surface area (Å²) in [6, 6.07) is 34.4. The Hall–Kier alpha value is -4.50. The summed E-state index contributed by atoms with van der Waals surface area (Å²) in [5, 5.41) is 7.33. The maximum absolute atomic E-state index is 6.47. The van der Waals surface area contributed by atoms with Crippen molar-refractivity contribution in [2.75, 3.05) is 0 Å². The number of fused-ring (bicyclic) bond motifs is 3. The Morgan fingerprint density at radius 1 is 0.804 bits per heavy atom. The van der Waals surface area contributed by atoms with Gasteiger partial charge in [-0.15, -0.1) is 35.7 Å². The van der Waals surface area contributed by atoms with Crippen molar-refractivity contribution in [2.24, 2.45) is 5.92 Å². The molecule has 4 aromatic carbocycles. The largest absolute Gasteiger partial charge is 2.00 e. The van der Waals surface area contributed by atoms with Gasteiger partial charge in [-0.05, 0) is 109 Å². The van der Waals surface area contributed by atoms with Crippen molar-refractivity contribution >= 4 is 21.8 Å². The fourth-order valence-corrected chi connectivity index (χ4v) is 7.08. The second kappa shape index (κ2) is 14.3. The standard InChI is InChI=1S/C45H46N4O.Pd/c1-28(2)17-18-33-25-34(45(7,8)9)24-30(4)43(33)44-31(5)47-49(32(44)6)35-13-12-14-36(26-35)50-37-19-20-39-38-15-10-11-16-40(38)48(41(39)27-37)42-23-29(3)21-22-46-42;/h10-16,19-25,28H,17-18H2,1-9H3;/q-2;+2. The number of nitrogens with zero attached hydrogens (tertiary/aromatic N) is 4. The first-order valence-corrected chi connectivity index (χ1v) is 17.7. The minimum absolute atomic E-state index is 0. The third-order valence-electron chi connectivity index (χ3n) is 9.70. The number of hydrogen-bond donors (Lipinski definition) is 0. The molecule has 5 nitrogen and oxygen atoms in total. The molecular formula is C45H46N4OPd. The zero-order valence-corrected chi connectivity index (χ0v) is 32.6. The van der Waals surface area contributed by atoms with Crippen LogP contribution in [0.4, 0.5) is 0 Å². The molecule has 0 amide bonds. The number of rotatable bonds is 8. The fraction of sp³-hybridized carbons (Fsp3) is 0.289. The Morgan fingerprint density at radius 3 is 2.31 bits per heavy atom. The first-order valence-electron chi connectivity index (χ1n) is 17.7. The molecule has 0 N–H and O–H groups in total. The van der Waals surface area contributed by atoms with Crippen LogP contribution in [0.2, 0.25) is 0 Å². The van der Waals surface area contributed by atoms with Gasteiger partial charge in [0.25, 0.3) is 0 Å². The van der Waals surface area contributed by atoms with Gasteiger partial charge in [-0.3, -0.25) is 4.68 Å². The molecule has 7 rings (SSSR count). The molecule has 0 spiro atoms. The molecule has 0 saturated carbocycles. The van der Waals surface area contributed by atoms with Gasteiger partial charge in [0.05, 0.1) is 5.69 Å². The van der Waals surface area contributed by atoms with Crippen LogP contribution in [0.1, 0.15) is 74.7 Å². The molecule has 6 heteroatoms. The third-order valence-corrected chi connectivity index (χ3v) is 9.70. The van der Waals surface area contributed by atoms with Crippen LogP contribution >= 0.6 is 0 Å². The SMILES string of the molecule is Cc1ccnc(-n2c3[c-]c(Oc4[c-]c(-n5nc(C)c(-c6c(C)cc(C(C)(C)C)cc6CCC(C)C)c5C)ccc4)ccc3c3ccccc32)c1.[Pd+2]. The average molecular weight is 765 g/mol. The monoisotopic (exact) mass is 764 g/mol. The molecule has 0 saturated heterocycles. The molecule has 3 aromatic heterocycles. The van der Waals surface area contributed by atoms with Crippen molar-refractivity contribution in [3.8, 4) is 34.1 Å². The molecular weight excluding hydrogens is 719 g/mol. The van der Waals surface area contributed by atoms with Gasteiger partial charge in [-0.25, -0.2) is 4.98 Å². The maximum Gasteiger partial charge on any atom is 2.00 e. The van der Waals surface area contributed by atoms with E-state index in [1.54, 1.807) is 0 Å². The number of benzene rings is 4. The fourth-order valence-electron chi connectivity index (χ4n) is 7.08. The Bertz CT molecular complexity index is 2370. The molecule has 0 bridgehead atoms. The molecule has 0 radical (unpaired) electrons. The molecule has 0 atom stereocenters. The molecule has 3 heterocycles. The summed E-state index contributed by atoms with van der Waals surface area (Å²) in [4.78, 5) is 4.71. The maximum atomic E-state index is 6.47. The first-order chi connectivity index (χ1) is 23.9. The first kappa shape index (κ1) is 36.3. The second-order valence-electron chi connectivity index (χ2n) is 15.1. The van der Waals surface area contributed by atoms with Crippen molar-refractivity contribution in [2.45, 2.75) is 80.6 Å². The van der Waals surface area contributed by atoms with Gasteiger partial charge < -0.3 is 9.30 Å². The van der Waals surface area contributed by atoms with Crippen LogP contribution in [-0.4, -0.2) is 19.3 Å². The van der Waals surface area contributed by atoms with Crippen LogP contribution in [0, 0.1) is 45.7 Å². The molecule has 0 aliphatic heterocycles. The van der Waals surface area contributed by atoms with E-state index in [2.05, 4.69) is 128 Å². The van der Waals surface area contributed by atoms with Crippen LogP contribution in [-0.2, 0) is 32.3 Å². The van der Waals surface area contributed by atoms with Gasteiger partial charge in [0.2, 0.25) is 0 Å². The Kier molecular flexibility index (Phi) is 10.1. The predicted octanol–water partition coefficient (Wildman–Crippen LogP) is 11.5. The summed E-state index contributed by atoms with van der Waals surface area (Å²) in [7, 11) is 0. The number of hydrogen-bond acceptors (Lipinski definition) is 3. The Morgan fingerprint density at radius 2 is 1.57 bits per heavy atom. The number of ether oxygens (including phenoxy) is 1. The van der Waals surface area contributed by atoms with Gasteiger partial charge in [0.1, 0.15) is 5.82 Å². The quantitative estimate of drug-likeness (QED) is 0.114. The molecule has 51 heavy (non-hydrogen) atoms. The van der Waals surface area contributed by atoms with E-state index >= 15 is 0 Å². The van der Waals surface area contributed by atoms with Crippen molar-refractivity contribution in [1.82, 2.24) is 19.3 Å². The Labute approximate surface area is 316 Å². The number of para-hydroxylation sites is 1. The minimum Gasteiger partial charge on any atom is -0.509 e. The van der Waals surface area contributed by atoms with Crippen LogP contribution < -0.4 is 4.74 Å². The molecule has 0 fully saturated rings. The molecule has 7 aromatic rings. The minimum atomic E-state index is 0. The molecule has 0 unspecified atom stereocenters. The summed E-state index contributed by atoms with van der Waals surface area (Å²) in [6.07, 6.45) is 4.03. The zero-order valence-electron chi connectivity index (χ0n) is 31.1. The second-order valence-corrected chi connectivity index (χ2v) is 15.1. The van der Waals surface area contributed by atoms with Crippen LogP contribution in [0.5, 0.6) is 11.5 Å². The average Bonchev–Trinajstić information content (AvgIpc) is 3.55. The van der Waals surface area contributed by atoms with Crippen LogP contribution in [0.25, 0.3) is 44.4 Å². The van der Waals surface area contributed by atoms with Crippen molar-refractivity contribution in [3.63, 3.8) is 0 Å². The van der Waals surface area contributed by atoms with E-state index in [1.165, 1.54) is 27.8 Å². The number of aryl methyl sites for hydroxylation is 4. The van der Waals surface area contributed by atoms with Gasteiger partial charge in [0, 0.05) is 34.5 Å². The van der Waals surface area contributed by atoms with E-state index in [4.69, 9.17) is 14.8 Å². The molecule has 262 valence electrons. The summed E-state index contributed by atoms with van der Waals surface area (Å²) in [5.41, 5.74) is 12.8. The third kappa shape index (κ3) is 7.05. The Balaban J connectivity index is 0.00000448. The summed E-state index contributed by atoms with van der Waals surface area (Å²) >= 11 is 0. The summed E-state index contributed by atoms with van der Waals surface area (Å²) in [5.74, 6) is 2.70. The van der Waals surface area contributed by atoms with Gasteiger partial charge >= 0.3 is 20.4 Å². The van der Waals surface area contributed by atoms with Crippen LogP contribution in [0.15, 0.2) is 85.1 Å². The van der Waals surface area contributed by atoms with Gasteiger partial charge in [-0.2, -0.15) is 17.2 Å². The van der Waals surface area contributed by atoms with E-state index in [1.807, 2.05) is 41.2 Å². The summed E-state index contributed by atoms with van der Waals surface area (Å²) in [6.45, 7) is 20.1. The normalized spacial score (nSPS) is 11.8. The van der Waals surface area contributed by atoms with Gasteiger partial charge in [0.15, 0.2) is 0 Å². The van der Waals surface area contributed by atoms with E-state index in [9.17, 15) is 0 Å². The van der Waals surface area contributed by atoms with Crippen molar-refractivity contribution in [1.29, 1.82) is 0 Å². The smallest absolute Gasteiger partial charge is 0.509 e. The molecule has 0 aliphatic carbocycles. The van der Waals surface area contributed by atoms with E-state index in [-0.39, 0.29) is 25.8 Å². The number of aromatic nitrogens is 4. The predicted molar refractivity (Wildman–Crippen MR) is 206 cm³/mol. The molecule has 0 aliphatic rings. The van der Waals surface area contributed by atoms with Crippen LogP contribution in [0.3, 0.4) is 0 Å².